The van der Waals surface area contributed by atoms with E-state index in [1.807, 2.05) is 0 Å². The molecule has 0 aliphatic heterocycles. The maximum Gasteiger partial charge on any atom is 1.00 e. The zero-order chi connectivity index (χ0) is 13.0. The normalized spacial score (nSPS) is 11.8. The van der Waals surface area contributed by atoms with Crippen LogP contribution in [0.1, 0.15) is 11.1 Å². The third-order valence-corrected chi connectivity index (χ3v) is 2.58. The Morgan fingerprint density at radius 1 is 0.789 bits per heavy atom. The summed E-state index contributed by atoms with van der Waals surface area (Å²) in [6.45, 7) is -5.03. The molecule has 0 aliphatic carbocycles. The standard InChI is InChI=1S/C14H11BF3.K/c16-15(17,18)14(13-9-5-2-6-10-13)11-12-7-3-1-4-8-12;/h1-11H;/q-1;+1/b14-11-;. The van der Waals surface area contributed by atoms with Crippen molar-refractivity contribution in [1.29, 1.82) is 0 Å². The van der Waals surface area contributed by atoms with Crippen LogP contribution >= 0.6 is 0 Å². The van der Waals surface area contributed by atoms with Gasteiger partial charge in [0, 0.05) is 0 Å². The summed E-state index contributed by atoms with van der Waals surface area (Å²) in [4.78, 5) is 0. The zero-order valence-corrected chi connectivity index (χ0v) is 13.7. The molecule has 0 spiro atoms. The third kappa shape index (κ3) is 4.93. The van der Waals surface area contributed by atoms with Crippen molar-refractivity contribution in [3.8, 4) is 0 Å². The van der Waals surface area contributed by atoms with E-state index in [1.54, 1.807) is 48.5 Å². The predicted molar refractivity (Wildman–Crippen MR) is 69.8 cm³/mol. The van der Waals surface area contributed by atoms with Gasteiger partial charge in [0.25, 0.3) is 0 Å². The zero-order valence-electron chi connectivity index (χ0n) is 10.6. The van der Waals surface area contributed by atoms with Gasteiger partial charge in [0.2, 0.25) is 0 Å². The second-order valence-corrected chi connectivity index (χ2v) is 3.95. The minimum Gasteiger partial charge on any atom is -0.445 e. The molecule has 0 saturated heterocycles. The van der Waals surface area contributed by atoms with E-state index in [2.05, 4.69) is 0 Å². The van der Waals surface area contributed by atoms with E-state index in [0.29, 0.717) is 5.56 Å². The summed E-state index contributed by atoms with van der Waals surface area (Å²) >= 11 is 0. The number of benzene rings is 2. The number of halogens is 3. The van der Waals surface area contributed by atoms with E-state index in [1.165, 1.54) is 18.2 Å². The van der Waals surface area contributed by atoms with Crippen molar-refractivity contribution >= 4 is 18.5 Å². The molecule has 0 unspecified atom stereocenters. The van der Waals surface area contributed by atoms with Crippen LogP contribution in [-0.2, 0) is 0 Å². The van der Waals surface area contributed by atoms with Crippen LogP contribution in [0.3, 0.4) is 0 Å². The van der Waals surface area contributed by atoms with Crippen LogP contribution in [-0.4, -0.2) is 6.98 Å². The van der Waals surface area contributed by atoms with E-state index in [0.717, 1.165) is 0 Å². The van der Waals surface area contributed by atoms with E-state index in [9.17, 15) is 12.9 Å². The Balaban J connectivity index is 0.00000180. The van der Waals surface area contributed by atoms with Crippen LogP contribution in [0.4, 0.5) is 12.9 Å². The number of hydrogen-bond acceptors (Lipinski definition) is 0. The van der Waals surface area contributed by atoms with Gasteiger partial charge in [0.15, 0.2) is 0 Å². The minimum absolute atomic E-state index is 0. The van der Waals surface area contributed by atoms with Gasteiger partial charge < -0.3 is 12.9 Å². The quantitative estimate of drug-likeness (QED) is 0.594. The van der Waals surface area contributed by atoms with Crippen molar-refractivity contribution in [3.63, 3.8) is 0 Å². The molecule has 2 aromatic carbocycles. The fourth-order valence-electron chi connectivity index (χ4n) is 1.73. The van der Waals surface area contributed by atoms with E-state index in [-0.39, 0.29) is 56.9 Å². The Morgan fingerprint density at radius 2 is 1.26 bits per heavy atom. The second kappa shape index (κ2) is 7.45. The molecule has 0 aliphatic rings. The van der Waals surface area contributed by atoms with Gasteiger partial charge >= 0.3 is 58.4 Å². The fraction of sp³-hybridized carbons (Fsp3) is 0. The second-order valence-electron chi connectivity index (χ2n) is 3.95. The van der Waals surface area contributed by atoms with Crippen LogP contribution in [0.2, 0.25) is 0 Å². The molecule has 19 heavy (non-hydrogen) atoms. The van der Waals surface area contributed by atoms with Crippen molar-refractivity contribution < 1.29 is 64.3 Å². The first-order valence-corrected chi connectivity index (χ1v) is 5.59. The van der Waals surface area contributed by atoms with Crippen LogP contribution in [0.15, 0.2) is 60.7 Å². The molecular weight excluding hydrogens is 275 g/mol. The predicted octanol–water partition coefficient (Wildman–Crippen LogP) is 1.62. The monoisotopic (exact) mass is 286 g/mol. The Labute approximate surface area is 153 Å². The molecule has 5 heteroatoms. The molecule has 0 nitrogen and oxygen atoms in total. The Kier molecular flexibility index (Phi) is 6.56. The molecule has 92 valence electrons. The molecule has 0 bridgehead atoms. The Morgan fingerprint density at radius 3 is 1.74 bits per heavy atom. The van der Waals surface area contributed by atoms with Crippen molar-refractivity contribution in [2.45, 2.75) is 0 Å². The summed E-state index contributed by atoms with van der Waals surface area (Å²) in [5, 5.41) is 0. The Hall–Kier alpha value is -0.329. The molecule has 0 saturated carbocycles. The van der Waals surface area contributed by atoms with Gasteiger partial charge in [-0.25, -0.2) is 0 Å². The van der Waals surface area contributed by atoms with Crippen molar-refractivity contribution in [2.24, 2.45) is 0 Å². The SMILES string of the molecule is F[B-](F)(F)/C(=C\c1ccccc1)c1ccccc1.[K+]. The van der Waals surface area contributed by atoms with Gasteiger partial charge in [0.1, 0.15) is 0 Å². The fourth-order valence-corrected chi connectivity index (χ4v) is 1.73. The summed E-state index contributed by atoms with van der Waals surface area (Å²) in [7, 11) is 0. The summed E-state index contributed by atoms with van der Waals surface area (Å²) in [5.74, 6) is 0. The van der Waals surface area contributed by atoms with E-state index in [4.69, 9.17) is 0 Å². The average Bonchev–Trinajstić information content (AvgIpc) is 2.37. The van der Waals surface area contributed by atoms with E-state index >= 15 is 0 Å². The van der Waals surface area contributed by atoms with Crippen LogP contribution in [0.25, 0.3) is 11.5 Å². The molecule has 0 heterocycles. The molecule has 0 radical (unpaired) electrons. The molecule has 0 amide bonds. The number of rotatable bonds is 3. The molecule has 0 aromatic heterocycles. The summed E-state index contributed by atoms with van der Waals surface area (Å²) in [5.41, 5.74) is 0.186. The van der Waals surface area contributed by atoms with Crippen LogP contribution < -0.4 is 51.4 Å². The Bertz CT molecular complexity index is 536. The van der Waals surface area contributed by atoms with Gasteiger partial charge in [-0.3, -0.25) is 0 Å². The first-order valence-electron chi connectivity index (χ1n) is 5.59. The summed E-state index contributed by atoms with van der Waals surface area (Å²) in [6, 6.07) is 16.4. The molecular formula is C14H11BF3K. The summed E-state index contributed by atoms with van der Waals surface area (Å²) < 4.78 is 39.3. The topological polar surface area (TPSA) is 0 Å². The first kappa shape index (κ1) is 16.7. The first-order chi connectivity index (χ1) is 8.57. The minimum atomic E-state index is -5.03. The average molecular weight is 286 g/mol. The molecule has 2 aromatic rings. The van der Waals surface area contributed by atoms with Crippen molar-refractivity contribution in [3.05, 3.63) is 71.8 Å². The largest absolute Gasteiger partial charge is 1.00 e. The van der Waals surface area contributed by atoms with Gasteiger partial charge in [-0.2, -0.15) is 0 Å². The van der Waals surface area contributed by atoms with Crippen LogP contribution in [0.5, 0.6) is 0 Å². The summed E-state index contributed by atoms with van der Waals surface area (Å²) in [6.07, 6.45) is 1.19. The van der Waals surface area contributed by atoms with Crippen molar-refractivity contribution in [2.75, 3.05) is 0 Å². The van der Waals surface area contributed by atoms with Crippen molar-refractivity contribution in [1.82, 2.24) is 0 Å². The third-order valence-electron chi connectivity index (χ3n) is 2.58. The molecule has 0 fully saturated rings. The molecule has 2 rings (SSSR count). The van der Waals surface area contributed by atoms with Gasteiger partial charge in [-0.1, -0.05) is 72.3 Å². The smallest absolute Gasteiger partial charge is 0.445 e. The van der Waals surface area contributed by atoms with E-state index < -0.39 is 12.4 Å². The molecule has 0 atom stereocenters. The maximum absolute atomic E-state index is 13.1. The van der Waals surface area contributed by atoms with Crippen LogP contribution in [0, 0.1) is 0 Å². The van der Waals surface area contributed by atoms with Gasteiger partial charge in [0.05, 0.1) is 0 Å². The maximum atomic E-state index is 13.1. The number of hydrogen-bond donors (Lipinski definition) is 0. The van der Waals surface area contributed by atoms with Gasteiger partial charge in [-0.05, 0) is 5.56 Å². The van der Waals surface area contributed by atoms with Gasteiger partial charge in [-0.15, -0.1) is 5.47 Å². The molecule has 0 N–H and O–H groups in total.